The molecule has 2 aromatic carbocycles. The van der Waals surface area contributed by atoms with Crippen molar-refractivity contribution in [2.45, 2.75) is 6.10 Å². The maximum atomic E-state index is 12.0. The summed E-state index contributed by atoms with van der Waals surface area (Å²) in [6.07, 6.45) is -0.800. The number of ether oxygens (including phenoxy) is 1. The average molecular weight is 241 g/mol. The molecule has 0 saturated carbocycles. The summed E-state index contributed by atoms with van der Waals surface area (Å²) < 4.78 is 5.65. The second-order valence-electron chi connectivity index (χ2n) is 4.03. The molecule has 0 spiro atoms. The molecule has 1 unspecified atom stereocenters. The van der Waals surface area contributed by atoms with Crippen molar-refractivity contribution in [3.63, 3.8) is 0 Å². The number of amides is 1. The predicted octanol–water partition coefficient (Wildman–Crippen LogP) is 2.54. The summed E-state index contributed by atoms with van der Waals surface area (Å²) in [4.78, 5) is 12.0. The Labute approximate surface area is 104 Å². The zero-order chi connectivity index (χ0) is 12.5. The monoisotopic (exact) mass is 241 g/mol. The Hall–Kier alpha value is -2.33. The number of hydrogen-bond donors (Lipinski definition) is 1. The fourth-order valence-corrected chi connectivity index (χ4v) is 1.98. The molecule has 1 N–H and O–H groups in total. The van der Waals surface area contributed by atoms with Crippen LogP contribution in [0.1, 0.15) is 11.7 Å². The number of anilines is 1. The van der Waals surface area contributed by atoms with Gasteiger partial charge in [-0.05, 0) is 12.1 Å². The molecule has 0 fully saturated rings. The first-order valence-electron chi connectivity index (χ1n) is 5.61. The van der Waals surface area contributed by atoms with Crippen molar-refractivity contribution in [1.82, 2.24) is 0 Å². The molecule has 1 amide bonds. The Balaban J connectivity index is 2.04. The fourth-order valence-electron chi connectivity index (χ4n) is 1.98. The Morgan fingerprint density at radius 2 is 1.67 bits per heavy atom. The van der Waals surface area contributed by atoms with E-state index in [0.29, 0.717) is 16.5 Å². The van der Waals surface area contributed by atoms with Crippen molar-refractivity contribution in [3.05, 3.63) is 60.2 Å². The summed E-state index contributed by atoms with van der Waals surface area (Å²) in [5.41, 5.74) is 1.09. The van der Waals surface area contributed by atoms with Crippen LogP contribution < -0.4 is 9.80 Å². The molecule has 0 aliphatic carbocycles. The van der Waals surface area contributed by atoms with Crippen LogP contribution >= 0.6 is 0 Å². The standard InChI is InChI=1S/C14H11NO3/c16-14-13(10-6-2-1-3-7-10)18-12-9-5-4-8-11(12)15(14)17/h1-9,13,17H. The topological polar surface area (TPSA) is 49.8 Å². The third-order valence-electron chi connectivity index (χ3n) is 2.87. The largest absolute Gasteiger partial charge is 0.473 e. The van der Waals surface area contributed by atoms with E-state index in [-0.39, 0.29) is 0 Å². The van der Waals surface area contributed by atoms with Crippen LogP contribution in [0.4, 0.5) is 5.69 Å². The van der Waals surface area contributed by atoms with E-state index in [1.807, 2.05) is 18.2 Å². The van der Waals surface area contributed by atoms with Crippen LogP contribution in [-0.2, 0) is 4.79 Å². The van der Waals surface area contributed by atoms with Gasteiger partial charge in [0.15, 0.2) is 0 Å². The molecule has 1 aliphatic heterocycles. The van der Waals surface area contributed by atoms with Crippen molar-refractivity contribution in [3.8, 4) is 5.75 Å². The van der Waals surface area contributed by atoms with Crippen LogP contribution in [-0.4, -0.2) is 11.1 Å². The minimum atomic E-state index is -0.800. The number of hydroxylamine groups is 1. The van der Waals surface area contributed by atoms with Gasteiger partial charge in [-0.3, -0.25) is 10.0 Å². The van der Waals surface area contributed by atoms with Gasteiger partial charge in [0.1, 0.15) is 11.4 Å². The highest BCUT2D eigenvalue weighted by atomic mass is 16.6. The van der Waals surface area contributed by atoms with E-state index in [1.165, 1.54) is 0 Å². The van der Waals surface area contributed by atoms with Crippen molar-refractivity contribution in [1.29, 1.82) is 0 Å². The van der Waals surface area contributed by atoms with Gasteiger partial charge in [0.2, 0.25) is 6.10 Å². The van der Waals surface area contributed by atoms with Crippen molar-refractivity contribution < 1.29 is 14.7 Å². The zero-order valence-corrected chi connectivity index (χ0v) is 9.48. The third-order valence-corrected chi connectivity index (χ3v) is 2.87. The van der Waals surface area contributed by atoms with E-state index in [2.05, 4.69) is 0 Å². The molecule has 90 valence electrons. The van der Waals surface area contributed by atoms with Gasteiger partial charge in [0, 0.05) is 5.56 Å². The Morgan fingerprint density at radius 3 is 2.44 bits per heavy atom. The smallest absolute Gasteiger partial charge is 0.296 e. The third kappa shape index (κ3) is 1.63. The maximum absolute atomic E-state index is 12.0. The number of hydrogen-bond acceptors (Lipinski definition) is 3. The summed E-state index contributed by atoms with van der Waals surface area (Å²) in [6, 6.07) is 16.0. The van der Waals surface area contributed by atoms with Gasteiger partial charge in [0.05, 0.1) is 0 Å². The molecule has 1 heterocycles. The van der Waals surface area contributed by atoms with Crippen LogP contribution in [0.2, 0.25) is 0 Å². The lowest BCUT2D eigenvalue weighted by molar-refractivity contribution is -0.132. The molecule has 0 saturated heterocycles. The number of nitrogens with zero attached hydrogens (tertiary/aromatic N) is 1. The number of para-hydroxylation sites is 2. The van der Waals surface area contributed by atoms with Gasteiger partial charge in [-0.25, -0.2) is 0 Å². The molecule has 2 aromatic rings. The van der Waals surface area contributed by atoms with Crippen molar-refractivity contribution in [2.75, 3.05) is 5.06 Å². The number of benzene rings is 2. The van der Waals surface area contributed by atoms with Gasteiger partial charge >= 0.3 is 0 Å². The maximum Gasteiger partial charge on any atom is 0.296 e. The fraction of sp³-hybridized carbons (Fsp3) is 0.0714. The molecule has 0 bridgehead atoms. The number of fused-ring (bicyclic) bond motifs is 1. The van der Waals surface area contributed by atoms with Crippen LogP contribution in [0.25, 0.3) is 0 Å². The molecule has 4 nitrogen and oxygen atoms in total. The van der Waals surface area contributed by atoms with Gasteiger partial charge in [-0.15, -0.1) is 0 Å². The lowest BCUT2D eigenvalue weighted by atomic mass is 10.1. The summed E-state index contributed by atoms with van der Waals surface area (Å²) in [6.45, 7) is 0. The first-order chi connectivity index (χ1) is 8.77. The van der Waals surface area contributed by atoms with Crippen molar-refractivity contribution in [2.24, 2.45) is 0 Å². The SMILES string of the molecule is O=C1C(c2ccccc2)Oc2ccccc2N1O. The van der Waals surface area contributed by atoms with Crippen LogP contribution in [0.15, 0.2) is 54.6 Å². The minimum Gasteiger partial charge on any atom is -0.473 e. The Morgan fingerprint density at radius 1 is 1.00 bits per heavy atom. The van der Waals surface area contributed by atoms with Crippen molar-refractivity contribution >= 4 is 11.6 Å². The lowest BCUT2D eigenvalue weighted by Crippen LogP contribution is -2.38. The Kier molecular flexibility index (Phi) is 2.50. The molecule has 18 heavy (non-hydrogen) atoms. The molecular weight excluding hydrogens is 230 g/mol. The Bertz CT molecular complexity index is 583. The molecule has 1 aliphatic rings. The average Bonchev–Trinajstić information content (AvgIpc) is 2.44. The number of carbonyl (C=O) groups is 1. The summed E-state index contributed by atoms with van der Waals surface area (Å²) in [5, 5.41) is 10.5. The molecule has 0 radical (unpaired) electrons. The first kappa shape index (κ1) is 10.8. The van der Waals surface area contributed by atoms with E-state index < -0.39 is 12.0 Å². The molecule has 0 aromatic heterocycles. The predicted molar refractivity (Wildman–Crippen MR) is 65.5 cm³/mol. The number of carbonyl (C=O) groups excluding carboxylic acids is 1. The zero-order valence-electron chi connectivity index (χ0n) is 9.48. The summed E-state index contributed by atoms with van der Waals surface area (Å²) in [7, 11) is 0. The van der Waals surface area contributed by atoms with Gasteiger partial charge < -0.3 is 4.74 Å². The van der Waals surface area contributed by atoms with E-state index in [1.54, 1.807) is 36.4 Å². The molecule has 1 atom stereocenters. The van der Waals surface area contributed by atoms with Gasteiger partial charge in [-0.1, -0.05) is 42.5 Å². The highest BCUT2D eigenvalue weighted by Gasteiger charge is 2.34. The van der Waals surface area contributed by atoms with E-state index >= 15 is 0 Å². The molecule has 4 heteroatoms. The van der Waals surface area contributed by atoms with Crippen LogP contribution in [0.3, 0.4) is 0 Å². The lowest BCUT2D eigenvalue weighted by Gasteiger charge is -2.30. The normalized spacial score (nSPS) is 18.2. The first-order valence-corrected chi connectivity index (χ1v) is 5.61. The number of rotatable bonds is 1. The molecular formula is C14H11NO3. The summed E-state index contributed by atoms with van der Waals surface area (Å²) >= 11 is 0. The van der Waals surface area contributed by atoms with E-state index in [4.69, 9.17) is 4.74 Å². The second kappa shape index (κ2) is 4.16. The summed E-state index contributed by atoms with van der Waals surface area (Å²) in [5.74, 6) is 0.00773. The molecule has 3 rings (SSSR count). The minimum absolute atomic E-state index is 0.370. The second-order valence-corrected chi connectivity index (χ2v) is 4.03. The van der Waals surface area contributed by atoms with E-state index in [9.17, 15) is 10.0 Å². The van der Waals surface area contributed by atoms with Gasteiger partial charge in [-0.2, -0.15) is 5.06 Å². The highest BCUT2D eigenvalue weighted by Crippen LogP contribution is 2.37. The quantitative estimate of drug-likeness (QED) is 0.780. The van der Waals surface area contributed by atoms with Gasteiger partial charge in [0.25, 0.3) is 5.91 Å². The van der Waals surface area contributed by atoms with Crippen LogP contribution in [0.5, 0.6) is 5.75 Å². The van der Waals surface area contributed by atoms with E-state index in [0.717, 1.165) is 5.56 Å². The van der Waals surface area contributed by atoms with Crippen LogP contribution in [0, 0.1) is 0 Å². The highest BCUT2D eigenvalue weighted by molar-refractivity contribution is 5.98.